The Kier molecular flexibility index (Phi) is 6.22. The number of hydrogen-bond donors (Lipinski definition) is 1. The molecule has 25 heavy (non-hydrogen) atoms. The van der Waals surface area contributed by atoms with Crippen molar-refractivity contribution in [3.8, 4) is 11.5 Å². The molecule has 0 heterocycles. The Morgan fingerprint density at radius 3 is 2.52 bits per heavy atom. The number of quaternary nitrogens is 1. The molecule has 134 valence electrons. The van der Waals surface area contributed by atoms with E-state index in [0.717, 1.165) is 41.5 Å². The first-order valence-corrected chi connectivity index (χ1v) is 9.46. The maximum Gasteiger partial charge on any atom is 0.163 e. The van der Waals surface area contributed by atoms with E-state index in [1.54, 1.807) is 7.11 Å². The van der Waals surface area contributed by atoms with Gasteiger partial charge in [-0.2, -0.15) is 0 Å². The van der Waals surface area contributed by atoms with Gasteiger partial charge in [-0.15, -0.1) is 0 Å². The lowest BCUT2D eigenvalue weighted by atomic mass is 10.1. The third-order valence-corrected chi connectivity index (χ3v) is 5.30. The summed E-state index contributed by atoms with van der Waals surface area (Å²) in [5.41, 5.74) is 2.38. The van der Waals surface area contributed by atoms with E-state index < -0.39 is 0 Å². The summed E-state index contributed by atoms with van der Waals surface area (Å²) in [6, 6.07) is 14.8. The predicted molar refractivity (Wildman–Crippen MR) is 101 cm³/mol. The highest BCUT2D eigenvalue weighted by Crippen LogP contribution is 2.35. The Balaban J connectivity index is 1.69. The second-order valence-electron chi connectivity index (χ2n) is 6.76. The molecule has 3 nitrogen and oxygen atoms in total. The van der Waals surface area contributed by atoms with Crippen LogP contribution >= 0.6 is 11.6 Å². The van der Waals surface area contributed by atoms with Crippen molar-refractivity contribution in [1.82, 2.24) is 0 Å². The molecule has 0 amide bonds. The zero-order valence-electron chi connectivity index (χ0n) is 15.0. The largest absolute Gasteiger partial charge is 0.493 e. The van der Waals surface area contributed by atoms with Crippen molar-refractivity contribution >= 4 is 11.6 Å². The first kappa shape index (κ1) is 18.1. The smallest absolute Gasteiger partial charge is 0.163 e. The third kappa shape index (κ3) is 4.68. The minimum Gasteiger partial charge on any atom is -0.493 e. The molecular formula is C21H27ClNO2+. The van der Waals surface area contributed by atoms with Crippen LogP contribution in [0.5, 0.6) is 11.5 Å². The highest BCUT2D eigenvalue weighted by molar-refractivity contribution is 6.31. The molecule has 0 bridgehead atoms. The maximum absolute atomic E-state index is 6.52. The molecule has 0 aliphatic heterocycles. The first-order chi connectivity index (χ1) is 12.2. The van der Waals surface area contributed by atoms with Crippen LogP contribution in [0.15, 0.2) is 42.5 Å². The van der Waals surface area contributed by atoms with E-state index in [2.05, 4.69) is 36.5 Å². The lowest BCUT2D eigenvalue weighted by molar-refractivity contribution is -0.707. The van der Waals surface area contributed by atoms with Gasteiger partial charge >= 0.3 is 0 Å². The number of methoxy groups -OCH3 is 1. The standard InChI is InChI=1S/C21H26ClNO2/c1-15(16-8-4-3-5-9-16)23-14-17-12-20(24-2)21(13-19(17)22)25-18-10-6-7-11-18/h3-5,8-9,12-13,15,18,23H,6-7,10-11,14H2,1-2H3/p+1/t15-/m0/s1. The molecule has 0 spiro atoms. The summed E-state index contributed by atoms with van der Waals surface area (Å²) in [6.45, 7) is 3.01. The van der Waals surface area contributed by atoms with Gasteiger partial charge in [-0.25, -0.2) is 0 Å². The zero-order chi connectivity index (χ0) is 17.6. The Morgan fingerprint density at radius 1 is 1.12 bits per heavy atom. The van der Waals surface area contributed by atoms with Crippen LogP contribution < -0.4 is 14.8 Å². The average molecular weight is 361 g/mol. The molecule has 1 aliphatic carbocycles. The summed E-state index contributed by atoms with van der Waals surface area (Å²) < 4.78 is 11.7. The third-order valence-electron chi connectivity index (χ3n) is 4.95. The van der Waals surface area contributed by atoms with Gasteiger partial charge in [0.15, 0.2) is 11.5 Å². The molecule has 2 aromatic rings. The van der Waals surface area contributed by atoms with E-state index >= 15 is 0 Å². The molecular weight excluding hydrogens is 334 g/mol. The van der Waals surface area contributed by atoms with Crippen LogP contribution in [-0.4, -0.2) is 13.2 Å². The molecule has 1 atom stereocenters. The van der Waals surface area contributed by atoms with Crippen LogP contribution in [-0.2, 0) is 6.54 Å². The lowest BCUT2D eigenvalue weighted by Gasteiger charge is -2.18. The minimum absolute atomic E-state index is 0.292. The van der Waals surface area contributed by atoms with Gasteiger partial charge in [-0.3, -0.25) is 0 Å². The Bertz CT molecular complexity index is 684. The number of benzene rings is 2. The molecule has 3 rings (SSSR count). The van der Waals surface area contributed by atoms with Gasteiger partial charge in [0.25, 0.3) is 0 Å². The fraction of sp³-hybridized carbons (Fsp3) is 0.429. The van der Waals surface area contributed by atoms with Crippen molar-refractivity contribution in [2.75, 3.05) is 7.11 Å². The highest BCUT2D eigenvalue weighted by Gasteiger charge is 2.20. The monoisotopic (exact) mass is 360 g/mol. The molecule has 0 aromatic heterocycles. The Labute approximate surface area is 155 Å². The predicted octanol–water partition coefficient (Wildman–Crippen LogP) is 4.49. The van der Waals surface area contributed by atoms with Gasteiger partial charge < -0.3 is 14.8 Å². The van der Waals surface area contributed by atoms with Crippen molar-refractivity contribution in [3.05, 3.63) is 58.6 Å². The summed E-state index contributed by atoms with van der Waals surface area (Å²) in [7, 11) is 1.69. The summed E-state index contributed by atoms with van der Waals surface area (Å²) in [4.78, 5) is 0. The average Bonchev–Trinajstić information content (AvgIpc) is 3.14. The number of hydrogen-bond acceptors (Lipinski definition) is 2. The number of ether oxygens (including phenoxy) is 2. The van der Waals surface area contributed by atoms with Crippen LogP contribution in [0.1, 0.15) is 49.8 Å². The number of nitrogens with two attached hydrogens (primary N) is 1. The lowest BCUT2D eigenvalue weighted by Crippen LogP contribution is -2.83. The van der Waals surface area contributed by atoms with Crippen LogP contribution in [0.3, 0.4) is 0 Å². The molecule has 4 heteroatoms. The van der Waals surface area contributed by atoms with Gasteiger partial charge in [0.05, 0.1) is 18.2 Å². The second kappa shape index (κ2) is 8.59. The molecule has 0 saturated heterocycles. The summed E-state index contributed by atoms with van der Waals surface area (Å²) in [5, 5.41) is 3.03. The zero-order valence-corrected chi connectivity index (χ0v) is 15.8. The first-order valence-electron chi connectivity index (χ1n) is 9.08. The second-order valence-corrected chi connectivity index (χ2v) is 7.17. The summed E-state index contributed by atoms with van der Waals surface area (Å²) in [5.74, 6) is 1.53. The topological polar surface area (TPSA) is 35.1 Å². The molecule has 0 unspecified atom stereocenters. The highest BCUT2D eigenvalue weighted by atomic mass is 35.5. The van der Waals surface area contributed by atoms with E-state index in [1.807, 2.05) is 18.2 Å². The Hall–Kier alpha value is -1.71. The summed E-state index contributed by atoms with van der Waals surface area (Å²) >= 11 is 6.52. The molecule has 1 fully saturated rings. The van der Waals surface area contributed by atoms with E-state index in [0.29, 0.717) is 12.1 Å². The normalized spacial score (nSPS) is 16.0. The fourth-order valence-corrected chi connectivity index (χ4v) is 3.60. The van der Waals surface area contributed by atoms with Crippen molar-refractivity contribution in [3.63, 3.8) is 0 Å². The van der Waals surface area contributed by atoms with Crippen molar-refractivity contribution in [2.24, 2.45) is 0 Å². The molecule has 1 aliphatic rings. The van der Waals surface area contributed by atoms with Crippen molar-refractivity contribution in [1.29, 1.82) is 0 Å². The van der Waals surface area contributed by atoms with Gasteiger partial charge in [0, 0.05) is 17.2 Å². The van der Waals surface area contributed by atoms with E-state index in [1.165, 1.54) is 18.4 Å². The van der Waals surface area contributed by atoms with Crippen LogP contribution in [0.4, 0.5) is 0 Å². The molecule has 2 N–H and O–H groups in total. The van der Waals surface area contributed by atoms with Gasteiger partial charge in [0.1, 0.15) is 12.6 Å². The van der Waals surface area contributed by atoms with Gasteiger partial charge in [-0.05, 0) is 38.7 Å². The molecule has 2 aromatic carbocycles. The quantitative estimate of drug-likeness (QED) is 0.789. The van der Waals surface area contributed by atoms with E-state index in [4.69, 9.17) is 21.1 Å². The van der Waals surface area contributed by atoms with Crippen molar-refractivity contribution in [2.45, 2.75) is 51.3 Å². The van der Waals surface area contributed by atoms with Crippen LogP contribution in [0.2, 0.25) is 5.02 Å². The number of halogens is 1. The van der Waals surface area contributed by atoms with Crippen LogP contribution in [0.25, 0.3) is 0 Å². The van der Waals surface area contributed by atoms with E-state index in [9.17, 15) is 0 Å². The van der Waals surface area contributed by atoms with Gasteiger partial charge in [0.2, 0.25) is 0 Å². The SMILES string of the molecule is COc1cc(C[NH2+][C@@H](C)c2ccccc2)c(Cl)cc1OC1CCCC1. The van der Waals surface area contributed by atoms with Crippen LogP contribution in [0, 0.1) is 0 Å². The fourth-order valence-electron chi connectivity index (χ4n) is 3.37. The molecule has 1 saturated carbocycles. The summed E-state index contributed by atoms with van der Waals surface area (Å²) in [6.07, 6.45) is 5.01. The molecule has 0 radical (unpaired) electrons. The van der Waals surface area contributed by atoms with Crippen molar-refractivity contribution < 1.29 is 14.8 Å². The minimum atomic E-state index is 0.292. The van der Waals surface area contributed by atoms with Gasteiger partial charge in [-0.1, -0.05) is 41.9 Å². The van der Waals surface area contributed by atoms with E-state index in [-0.39, 0.29) is 0 Å². The maximum atomic E-state index is 6.52. The Morgan fingerprint density at radius 2 is 1.84 bits per heavy atom. The number of rotatable bonds is 7.